The molecule has 5 nitrogen and oxygen atoms in total. The molecule has 1 aliphatic rings. The predicted octanol–water partition coefficient (Wildman–Crippen LogP) is 1.30. The summed E-state index contributed by atoms with van der Waals surface area (Å²) in [4.78, 5) is 13.0. The first kappa shape index (κ1) is 12.7. The third kappa shape index (κ3) is 2.92. The van der Waals surface area contributed by atoms with E-state index in [4.69, 9.17) is 15.6 Å². The number of nitrogens with two attached hydrogens (primary N) is 1. The van der Waals surface area contributed by atoms with Gasteiger partial charge in [0.15, 0.2) is 0 Å². The number of aromatic carboxylic acids is 1. The Bertz CT molecular complexity index is 448. The van der Waals surface area contributed by atoms with Crippen molar-refractivity contribution < 1.29 is 14.6 Å². The summed E-state index contributed by atoms with van der Waals surface area (Å²) in [6.45, 7) is 2.76. The Balaban J connectivity index is 1.95. The number of nitrogen functional groups attached to an aromatic ring is 1. The molecular formula is C13H18N2O3. The van der Waals surface area contributed by atoms with Crippen LogP contribution in [0.15, 0.2) is 18.2 Å². The molecule has 0 aromatic heterocycles. The maximum Gasteiger partial charge on any atom is 0.335 e. The van der Waals surface area contributed by atoms with Gasteiger partial charge in [-0.05, 0) is 38.2 Å². The van der Waals surface area contributed by atoms with Gasteiger partial charge in [0, 0.05) is 12.5 Å². The highest BCUT2D eigenvalue weighted by molar-refractivity contribution is 5.89. The quantitative estimate of drug-likeness (QED) is 0.788. The van der Waals surface area contributed by atoms with Crippen LogP contribution < -0.4 is 10.5 Å². The lowest BCUT2D eigenvalue weighted by Gasteiger charge is -2.13. The number of likely N-dealkylation sites (tertiary alicyclic amines) is 1. The van der Waals surface area contributed by atoms with E-state index in [0.29, 0.717) is 24.0 Å². The van der Waals surface area contributed by atoms with E-state index in [1.54, 1.807) is 6.07 Å². The van der Waals surface area contributed by atoms with Crippen molar-refractivity contribution in [3.63, 3.8) is 0 Å². The lowest BCUT2D eigenvalue weighted by atomic mass is 10.1. The number of hydrogen-bond donors (Lipinski definition) is 2. The van der Waals surface area contributed by atoms with E-state index in [9.17, 15) is 4.79 Å². The fourth-order valence-corrected chi connectivity index (χ4v) is 2.18. The highest BCUT2D eigenvalue weighted by atomic mass is 16.5. The van der Waals surface area contributed by atoms with Gasteiger partial charge in [-0.1, -0.05) is 0 Å². The molecule has 3 N–H and O–H groups in total. The van der Waals surface area contributed by atoms with Crippen LogP contribution in [-0.4, -0.2) is 42.7 Å². The molecule has 1 aromatic rings. The Morgan fingerprint density at radius 1 is 1.61 bits per heavy atom. The fourth-order valence-electron chi connectivity index (χ4n) is 2.18. The number of ether oxygens (including phenoxy) is 1. The number of carboxylic acids is 1. The molecule has 1 heterocycles. The molecule has 5 heteroatoms. The molecular weight excluding hydrogens is 232 g/mol. The second kappa shape index (κ2) is 5.27. The smallest absolute Gasteiger partial charge is 0.335 e. The molecule has 0 aliphatic carbocycles. The SMILES string of the molecule is CN1CCC(COc2ccc(C(=O)O)cc2N)C1. The average molecular weight is 250 g/mol. The molecule has 0 saturated carbocycles. The summed E-state index contributed by atoms with van der Waals surface area (Å²) in [6, 6.07) is 4.56. The van der Waals surface area contributed by atoms with Crippen LogP contribution in [0.1, 0.15) is 16.8 Å². The van der Waals surface area contributed by atoms with Crippen molar-refractivity contribution in [1.29, 1.82) is 0 Å². The van der Waals surface area contributed by atoms with Gasteiger partial charge in [0.1, 0.15) is 5.75 Å². The van der Waals surface area contributed by atoms with Crippen LogP contribution in [0.5, 0.6) is 5.75 Å². The molecule has 1 saturated heterocycles. The van der Waals surface area contributed by atoms with Crippen molar-refractivity contribution in [2.24, 2.45) is 5.92 Å². The van der Waals surface area contributed by atoms with Gasteiger partial charge in [-0.25, -0.2) is 4.79 Å². The standard InChI is InChI=1S/C13H18N2O3/c1-15-5-4-9(7-15)8-18-12-3-2-10(13(16)17)6-11(12)14/h2-3,6,9H,4-5,7-8,14H2,1H3,(H,16,17). The van der Waals surface area contributed by atoms with Gasteiger partial charge in [-0.2, -0.15) is 0 Å². The Morgan fingerprint density at radius 3 is 2.94 bits per heavy atom. The van der Waals surface area contributed by atoms with Crippen molar-refractivity contribution in [3.8, 4) is 5.75 Å². The summed E-state index contributed by atoms with van der Waals surface area (Å²) in [5.41, 5.74) is 6.33. The maximum atomic E-state index is 10.8. The molecule has 1 atom stereocenters. The lowest BCUT2D eigenvalue weighted by Crippen LogP contribution is -2.18. The highest BCUT2D eigenvalue weighted by Gasteiger charge is 2.20. The summed E-state index contributed by atoms with van der Waals surface area (Å²) in [6.07, 6.45) is 1.13. The van der Waals surface area contributed by atoms with Gasteiger partial charge in [0.2, 0.25) is 0 Å². The van der Waals surface area contributed by atoms with Crippen LogP contribution in [-0.2, 0) is 0 Å². The second-order valence-electron chi connectivity index (χ2n) is 4.79. The zero-order chi connectivity index (χ0) is 13.1. The third-order valence-electron chi connectivity index (χ3n) is 3.22. The largest absolute Gasteiger partial charge is 0.491 e. The monoisotopic (exact) mass is 250 g/mol. The van der Waals surface area contributed by atoms with Crippen molar-refractivity contribution in [2.75, 3.05) is 32.5 Å². The van der Waals surface area contributed by atoms with Crippen molar-refractivity contribution in [2.45, 2.75) is 6.42 Å². The molecule has 1 aliphatic heterocycles. The number of carbonyl (C=O) groups is 1. The topological polar surface area (TPSA) is 75.8 Å². The number of rotatable bonds is 4. The number of carboxylic acid groups (broad SMARTS) is 1. The number of nitrogens with zero attached hydrogens (tertiary/aromatic N) is 1. The molecule has 2 rings (SSSR count). The Morgan fingerprint density at radius 2 is 2.39 bits per heavy atom. The summed E-state index contributed by atoms with van der Waals surface area (Å²) >= 11 is 0. The van der Waals surface area contributed by atoms with E-state index in [1.807, 2.05) is 0 Å². The Labute approximate surface area is 106 Å². The zero-order valence-corrected chi connectivity index (χ0v) is 10.4. The van der Waals surface area contributed by atoms with Gasteiger partial charge < -0.3 is 20.5 Å². The summed E-state index contributed by atoms with van der Waals surface area (Å²) in [5.74, 6) is 0.105. The molecule has 1 aromatic carbocycles. The van der Waals surface area contributed by atoms with Crippen LogP contribution >= 0.6 is 0 Å². The average Bonchev–Trinajstić information content (AvgIpc) is 2.73. The summed E-state index contributed by atoms with van der Waals surface area (Å²) in [7, 11) is 2.09. The predicted molar refractivity (Wildman–Crippen MR) is 68.9 cm³/mol. The van der Waals surface area contributed by atoms with Gasteiger partial charge in [-0.15, -0.1) is 0 Å². The van der Waals surface area contributed by atoms with Gasteiger partial charge in [0.05, 0.1) is 17.9 Å². The van der Waals surface area contributed by atoms with Gasteiger partial charge >= 0.3 is 5.97 Å². The molecule has 0 bridgehead atoms. The van der Waals surface area contributed by atoms with Crippen LogP contribution in [0.4, 0.5) is 5.69 Å². The number of hydrogen-bond acceptors (Lipinski definition) is 4. The molecule has 1 fully saturated rings. The van der Waals surface area contributed by atoms with Crippen molar-refractivity contribution in [3.05, 3.63) is 23.8 Å². The van der Waals surface area contributed by atoms with Crippen LogP contribution in [0.2, 0.25) is 0 Å². The van der Waals surface area contributed by atoms with Crippen molar-refractivity contribution >= 4 is 11.7 Å². The molecule has 0 spiro atoms. The number of benzene rings is 1. The molecule has 98 valence electrons. The summed E-state index contributed by atoms with van der Waals surface area (Å²) in [5, 5.41) is 8.83. The van der Waals surface area contributed by atoms with E-state index in [0.717, 1.165) is 19.5 Å². The first-order chi connectivity index (χ1) is 8.56. The Kier molecular flexibility index (Phi) is 3.72. The van der Waals surface area contributed by atoms with Gasteiger partial charge in [-0.3, -0.25) is 0 Å². The zero-order valence-electron chi connectivity index (χ0n) is 10.4. The molecule has 0 radical (unpaired) electrons. The van der Waals surface area contributed by atoms with E-state index in [-0.39, 0.29) is 5.56 Å². The minimum absolute atomic E-state index is 0.181. The van der Waals surface area contributed by atoms with Crippen LogP contribution in [0.3, 0.4) is 0 Å². The van der Waals surface area contributed by atoms with E-state index >= 15 is 0 Å². The number of anilines is 1. The van der Waals surface area contributed by atoms with Crippen LogP contribution in [0, 0.1) is 5.92 Å². The maximum absolute atomic E-state index is 10.8. The first-order valence-electron chi connectivity index (χ1n) is 6.00. The van der Waals surface area contributed by atoms with E-state index < -0.39 is 5.97 Å². The minimum Gasteiger partial charge on any atom is -0.491 e. The highest BCUT2D eigenvalue weighted by Crippen LogP contribution is 2.24. The third-order valence-corrected chi connectivity index (χ3v) is 3.22. The fraction of sp³-hybridized carbons (Fsp3) is 0.462. The molecule has 1 unspecified atom stereocenters. The lowest BCUT2D eigenvalue weighted by molar-refractivity contribution is 0.0697. The second-order valence-corrected chi connectivity index (χ2v) is 4.79. The van der Waals surface area contributed by atoms with E-state index in [2.05, 4.69) is 11.9 Å². The van der Waals surface area contributed by atoms with Gasteiger partial charge in [0.25, 0.3) is 0 Å². The minimum atomic E-state index is -0.981. The normalized spacial score (nSPS) is 19.9. The Hall–Kier alpha value is -1.75. The van der Waals surface area contributed by atoms with Crippen LogP contribution in [0.25, 0.3) is 0 Å². The summed E-state index contributed by atoms with van der Waals surface area (Å²) < 4.78 is 5.66. The van der Waals surface area contributed by atoms with Crippen molar-refractivity contribution in [1.82, 2.24) is 4.90 Å². The first-order valence-corrected chi connectivity index (χ1v) is 6.00. The van der Waals surface area contributed by atoms with E-state index in [1.165, 1.54) is 12.1 Å². The molecule has 0 amide bonds. The molecule has 18 heavy (non-hydrogen) atoms.